The molecule has 1 fully saturated rings. The molecule has 0 aliphatic heterocycles. The van der Waals surface area contributed by atoms with Crippen LogP contribution in [0.1, 0.15) is 29.0 Å². The smallest absolute Gasteiger partial charge is 0.238 e. The van der Waals surface area contributed by atoms with E-state index in [1.165, 1.54) is 17.2 Å². The number of hydrogen-bond donors (Lipinski definition) is 2. The summed E-state index contributed by atoms with van der Waals surface area (Å²) in [4.78, 5) is 12.5. The van der Waals surface area contributed by atoms with Gasteiger partial charge in [0.05, 0.1) is 4.90 Å². The fraction of sp³-hybridized carbons (Fsp3) is 0.278. The van der Waals surface area contributed by atoms with Crippen LogP contribution in [-0.2, 0) is 14.8 Å². The lowest BCUT2D eigenvalue weighted by Crippen LogP contribution is -2.18. The minimum atomic E-state index is -3.81. The summed E-state index contributed by atoms with van der Waals surface area (Å²) in [6.45, 7) is 3.67. The molecule has 3 N–H and O–H groups in total. The van der Waals surface area contributed by atoms with Crippen LogP contribution in [-0.4, -0.2) is 14.3 Å². The molecule has 2 aromatic carbocycles. The number of carbonyl (C=O) groups is 1. The standard InChI is InChI=1S/C18H20N2O3S/c1-11-5-3-6-13(9-11)14-10-15(14)18(21)20-16-7-4-8-17(12(16)2)24(19,22)23/h3-9,14-15H,10H2,1-2H3,(H,20,21)(H2,19,22,23)/t14-,15-/m0/s1. The van der Waals surface area contributed by atoms with Crippen molar-refractivity contribution < 1.29 is 13.2 Å². The number of sulfonamides is 1. The number of primary sulfonamides is 1. The third kappa shape index (κ3) is 3.34. The normalized spacial score (nSPS) is 19.8. The maximum absolute atomic E-state index is 12.5. The summed E-state index contributed by atoms with van der Waals surface area (Å²) in [7, 11) is -3.81. The molecule has 0 aromatic heterocycles. The molecule has 0 saturated heterocycles. The van der Waals surface area contributed by atoms with E-state index in [2.05, 4.69) is 11.4 Å². The minimum Gasteiger partial charge on any atom is -0.326 e. The molecule has 0 bridgehead atoms. The molecule has 6 heteroatoms. The van der Waals surface area contributed by atoms with Gasteiger partial charge in [-0.1, -0.05) is 35.9 Å². The van der Waals surface area contributed by atoms with E-state index >= 15 is 0 Å². The second-order valence-electron chi connectivity index (χ2n) is 6.33. The summed E-state index contributed by atoms with van der Waals surface area (Å²) in [5.74, 6) is 0.0622. The zero-order valence-corrected chi connectivity index (χ0v) is 14.4. The van der Waals surface area contributed by atoms with Crippen LogP contribution in [0.5, 0.6) is 0 Å². The highest BCUT2D eigenvalue weighted by atomic mass is 32.2. The van der Waals surface area contributed by atoms with Crippen LogP contribution in [0.4, 0.5) is 5.69 Å². The van der Waals surface area contributed by atoms with Gasteiger partial charge in [0.15, 0.2) is 0 Å². The van der Waals surface area contributed by atoms with Crippen molar-refractivity contribution in [2.24, 2.45) is 11.1 Å². The third-order valence-electron chi connectivity index (χ3n) is 4.45. The Morgan fingerprint density at radius 1 is 1.17 bits per heavy atom. The van der Waals surface area contributed by atoms with Crippen LogP contribution in [0.15, 0.2) is 47.4 Å². The molecular weight excluding hydrogens is 324 g/mol. The zero-order chi connectivity index (χ0) is 17.5. The number of benzene rings is 2. The molecular formula is C18H20N2O3S. The lowest BCUT2D eigenvalue weighted by molar-refractivity contribution is -0.117. The Kier molecular flexibility index (Phi) is 4.19. The van der Waals surface area contributed by atoms with E-state index in [-0.39, 0.29) is 22.6 Å². The van der Waals surface area contributed by atoms with Crippen molar-refractivity contribution in [3.05, 3.63) is 59.2 Å². The van der Waals surface area contributed by atoms with Gasteiger partial charge in [0.25, 0.3) is 0 Å². The van der Waals surface area contributed by atoms with Gasteiger partial charge in [0.2, 0.25) is 15.9 Å². The molecule has 5 nitrogen and oxygen atoms in total. The molecule has 24 heavy (non-hydrogen) atoms. The number of hydrogen-bond acceptors (Lipinski definition) is 3. The van der Waals surface area contributed by atoms with E-state index in [0.717, 1.165) is 6.42 Å². The quantitative estimate of drug-likeness (QED) is 0.893. The first kappa shape index (κ1) is 16.7. The molecule has 0 radical (unpaired) electrons. The summed E-state index contributed by atoms with van der Waals surface area (Å²) < 4.78 is 23.1. The van der Waals surface area contributed by atoms with E-state index in [1.54, 1.807) is 19.1 Å². The Morgan fingerprint density at radius 2 is 1.88 bits per heavy atom. The Balaban J connectivity index is 1.75. The summed E-state index contributed by atoms with van der Waals surface area (Å²) in [6, 6.07) is 12.9. The van der Waals surface area contributed by atoms with Gasteiger partial charge in [-0.05, 0) is 49.4 Å². The second-order valence-corrected chi connectivity index (χ2v) is 7.86. The van der Waals surface area contributed by atoms with Crippen molar-refractivity contribution in [3.8, 4) is 0 Å². The Labute approximate surface area is 141 Å². The maximum Gasteiger partial charge on any atom is 0.238 e. The monoisotopic (exact) mass is 344 g/mol. The Bertz CT molecular complexity index is 906. The molecule has 2 aromatic rings. The van der Waals surface area contributed by atoms with Crippen LogP contribution in [0.2, 0.25) is 0 Å². The summed E-state index contributed by atoms with van der Waals surface area (Å²) >= 11 is 0. The zero-order valence-electron chi connectivity index (χ0n) is 13.6. The highest BCUT2D eigenvalue weighted by molar-refractivity contribution is 7.89. The van der Waals surface area contributed by atoms with Crippen molar-refractivity contribution >= 4 is 21.6 Å². The second kappa shape index (κ2) is 6.03. The average molecular weight is 344 g/mol. The maximum atomic E-state index is 12.5. The lowest BCUT2D eigenvalue weighted by Gasteiger charge is -2.11. The summed E-state index contributed by atoms with van der Waals surface area (Å²) in [5.41, 5.74) is 3.29. The molecule has 3 rings (SSSR count). The first-order chi connectivity index (χ1) is 11.3. The fourth-order valence-corrected chi connectivity index (χ4v) is 3.84. The van der Waals surface area contributed by atoms with Gasteiger partial charge in [0, 0.05) is 11.6 Å². The number of anilines is 1. The van der Waals surface area contributed by atoms with Crippen molar-refractivity contribution in [2.75, 3.05) is 5.32 Å². The van der Waals surface area contributed by atoms with Gasteiger partial charge in [-0.25, -0.2) is 13.6 Å². The van der Waals surface area contributed by atoms with E-state index in [4.69, 9.17) is 5.14 Å². The number of nitrogens with two attached hydrogens (primary N) is 1. The number of nitrogens with one attached hydrogen (secondary N) is 1. The van der Waals surface area contributed by atoms with Gasteiger partial charge in [0.1, 0.15) is 0 Å². The van der Waals surface area contributed by atoms with Crippen LogP contribution < -0.4 is 10.5 Å². The van der Waals surface area contributed by atoms with Crippen molar-refractivity contribution in [3.63, 3.8) is 0 Å². The summed E-state index contributed by atoms with van der Waals surface area (Å²) in [5, 5.41) is 8.04. The molecule has 1 amide bonds. The third-order valence-corrected chi connectivity index (χ3v) is 5.50. The van der Waals surface area contributed by atoms with E-state index < -0.39 is 10.0 Å². The molecule has 2 atom stereocenters. The van der Waals surface area contributed by atoms with Gasteiger partial charge in [-0.15, -0.1) is 0 Å². The topological polar surface area (TPSA) is 89.3 Å². The van der Waals surface area contributed by atoms with Crippen molar-refractivity contribution in [1.29, 1.82) is 0 Å². The number of aryl methyl sites for hydroxylation is 1. The van der Waals surface area contributed by atoms with Gasteiger partial charge in [-0.2, -0.15) is 0 Å². The predicted molar refractivity (Wildman–Crippen MR) is 93.2 cm³/mol. The van der Waals surface area contributed by atoms with Crippen LogP contribution in [0, 0.1) is 19.8 Å². The van der Waals surface area contributed by atoms with E-state index in [9.17, 15) is 13.2 Å². The predicted octanol–water partition coefficient (Wildman–Crippen LogP) is 2.69. The first-order valence-electron chi connectivity index (χ1n) is 7.77. The first-order valence-corrected chi connectivity index (χ1v) is 9.32. The highest BCUT2D eigenvalue weighted by Gasteiger charge is 2.44. The fourth-order valence-electron chi connectivity index (χ4n) is 3.04. The van der Waals surface area contributed by atoms with Crippen LogP contribution in [0.25, 0.3) is 0 Å². The highest BCUT2D eigenvalue weighted by Crippen LogP contribution is 2.48. The largest absolute Gasteiger partial charge is 0.326 e. The lowest BCUT2D eigenvalue weighted by atomic mass is 10.1. The van der Waals surface area contributed by atoms with Gasteiger partial charge >= 0.3 is 0 Å². The number of amides is 1. The van der Waals surface area contributed by atoms with Crippen LogP contribution in [0.3, 0.4) is 0 Å². The van der Waals surface area contributed by atoms with Crippen molar-refractivity contribution in [2.45, 2.75) is 31.1 Å². The summed E-state index contributed by atoms with van der Waals surface area (Å²) in [6.07, 6.45) is 0.809. The Morgan fingerprint density at radius 3 is 2.54 bits per heavy atom. The van der Waals surface area contributed by atoms with E-state index in [0.29, 0.717) is 11.3 Å². The minimum absolute atomic E-state index is 0.0336. The molecule has 0 unspecified atom stereocenters. The molecule has 0 heterocycles. The molecule has 1 aliphatic rings. The number of rotatable bonds is 4. The van der Waals surface area contributed by atoms with Gasteiger partial charge < -0.3 is 5.32 Å². The molecule has 126 valence electrons. The number of carbonyl (C=O) groups excluding carboxylic acids is 1. The van der Waals surface area contributed by atoms with Gasteiger partial charge in [-0.3, -0.25) is 4.79 Å². The van der Waals surface area contributed by atoms with Crippen molar-refractivity contribution in [1.82, 2.24) is 0 Å². The SMILES string of the molecule is Cc1cccc([C@@H]2C[C@@H]2C(=O)Nc2cccc(S(N)(=O)=O)c2C)c1. The van der Waals surface area contributed by atoms with Crippen LogP contribution >= 0.6 is 0 Å². The molecule has 1 aliphatic carbocycles. The molecule has 0 spiro atoms. The Hall–Kier alpha value is -2.18. The molecule has 1 saturated carbocycles. The van der Waals surface area contributed by atoms with E-state index in [1.807, 2.05) is 25.1 Å². The average Bonchev–Trinajstić information content (AvgIpc) is 3.29.